The molecule has 1 aliphatic rings. The topological polar surface area (TPSA) is 99.6 Å². The number of carbonyl (C=O) groups is 1. The Labute approximate surface area is 166 Å². The van der Waals surface area contributed by atoms with Crippen LogP contribution in [0.25, 0.3) is 10.2 Å². The smallest absolute Gasteiger partial charge is 0.263 e. The number of piperidine rings is 1. The second-order valence-corrected chi connectivity index (χ2v) is 9.36. The minimum Gasteiger partial charge on any atom is -0.393 e. The average molecular weight is 418 g/mol. The number of aliphatic hydroxyl groups excluding tert-OH is 1. The van der Waals surface area contributed by atoms with Gasteiger partial charge in [-0.05, 0) is 43.2 Å². The number of aromatic nitrogens is 1. The van der Waals surface area contributed by atoms with Gasteiger partial charge in [-0.1, -0.05) is 29.5 Å². The Morgan fingerprint density at radius 2 is 1.86 bits per heavy atom. The van der Waals surface area contributed by atoms with Crippen LogP contribution in [0.15, 0.2) is 53.4 Å². The van der Waals surface area contributed by atoms with E-state index in [2.05, 4.69) is 9.71 Å². The number of benzene rings is 2. The summed E-state index contributed by atoms with van der Waals surface area (Å²) in [6, 6.07) is 13.3. The van der Waals surface area contributed by atoms with Crippen LogP contribution in [0.2, 0.25) is 0 Å². The number of rotatable bonds is 4. The monoisotopic (exact) mass is 417 g/mol. The molecule has 28 heavy (non-hydrogen) atoms. The number of nitrogens with zero attached hydrogens (tertiary/aromatic N) is 2. The summed E-state index contributed by atoms with van der Waals surface area (Å²) in [6.45, 7) is 1.06. The quantitative estimate of drug-likeness (QED) is 0.680. The van der Waals surface area contributed by atoms with E-state index in [-0.39, 0.29) is 22.0 Å². The third kappa shape index (κ3) is 3.87. The third-order valence-electron chi connectivity index (χ3n) is 4.66. The average Bonchev–Trinajstić information content (AvgIpc) is 3.09. The van der Waals surface area contributed by atoms with Crippen molar-refractivity contribution in [2.24, 2.45) is 0 Å². The van der Waals surface area contributed by atoms with Gasteiger partial charge in [-0.15, -0.1) is 0 Å². The van der Waals surface area contributed by atoms with Crippen molar-refractivity contribution in [2.75, 3.05) is 17.8 Å². The SMILES string of the molecule is O=C(c1ccc2nc(NS(=O)(=O)c3ccccc3)sc2c1)N1CCC(O)CC1. The summed E-state index contributed by atoms with van der Waals surface area (Å²) < 4.78 is 28.1. The zero-order valence-corrected chi connectivity index (χ0v) is 16.5. The second kappa shape index (κ2) is 7.50. The molecule has 0 spiro atoms. The highest BCUT2D eigenvalue weighted by atomic mass is 32.2. The lowest BCUT2D eigenvalue weighted by Crippen LogP contribution is -2.40. The Morgan fingerprint density at radius 3 is 2.57 bits per heavy atom. The van der Waals surface area contributed by atoms with E-state index in [1.807, 2.05) is 0 Å². The maximum atomic E-state index is 12.7. The molecular weight excluding hydrogens is 398 g/mol. The maximum Gasteiger partial charge on any atom is 0.263 e. The zero-order valence-electron chi connectivity index (χ0n) is 14.9. The van der Waals surface area contributed by atoms with E-state index < -0.39 is 10.0 Å². The van der Waals surface area contributed by atoms with Gasteiger partial charge in [0.15, 0.2) is 5.13 Å². The molecule has 2 aromatic carbocycles. The first kappa shape index (κ1) is 18.9. The van der Waals surface area contributed by atoms with Crippen LogP contribution in [-0.2, 0) is 10.0 Å². The molecule has 0 atom stereocenters. The lowest BCUT2D eigenvalue weighted by atomic mass is 10.1. The van der Waals surface area contributed by atoms with Crippen LogP contribution < -0.4 is 4.72 Å². The Balaban J connectivity index is 1.56. The Hall–Kier alpha value is -2.49. The van der Waals surface area contributed by atoms with Crippen molar-refractivity contribution in [3.05, 3.63) is 54.1 Å². The predicted molar refractivity (Wildman–Crippen MR) is 108 cm³/mol. The Morgan fingerprint density at radius 1 is 1.14 bits per heavy atom. The highest BCUT2D eigenvalue weighted by Crippen LogP contribution is 2.29. The molecule has 0 radical (unpaired) electrons. The molecule has 146 valence electrons. The lowest BCUT2D eigenvalue weighted by molar-refractivity contribution is 0.0546. The number of thiazole rings is 1. The van der Waals surface area contributed by atoms with Crippen LogP contribution in [0, 0.1) is 0 Å². The summed E-state index contributed by atoms with van der Waals surface area (Å²) in [6.07, 6.45) is 0.827. The van der Waals surface area contributed by atoms with E-state index in [1.165, 1.54) is 23.5 Å². The van der Waals surface area contributed by atoms with Crippen molar-refractivity contribution >= 4 is 42.6 Å². The molecule has 9 heteroatoms. The molecule has 2 N–H and O–H groups in total. The van der Waals surface area contributed by atoms with Crippen LogP contribution in [-0.4, -0.2) is 48.5 Å². The van der Waals surface area contributed by atoms with Crippen molar-refractivity contribution in [3.63, 3.8) is 0 Å². The largest absolute Gasteiger partial charge is 0.393 e. The molecule has 1 aliphatic heterocycles. The van der Waals surface area contributed by atoms with E-state index >= 15 is 0 Å². The van der Waals surface area contributed by atoms with E-state index in [4.69, 9.17) is 0 Å². The number of hydrogen-bond acceptors (Lipinski definition) is 6. The van der Waals surface area contributed by atoms with Crippen molar-refractivity contribution in [3.8, 4) is 0 Å². The molecule has 1 saturated heterocycles. The van der Waals surface area contributed by atoms with Crippen molar-refractivity contribution in [1.29, 1.82) is 0 Å². The summed E-state index contributed by atoms with van der Waals surface area (Å²) in [4.78, 5) is 18.9. The number of aliphatic hydroxyl groups is 1. The van der Waals surface area contributed by atoms with Crippen molar-refractivity contribution in [1.82, 2.24) is 9.88 Å². The summed E-state index contributed by atoms with van der Waals surface area (Å²) >= 11 is 1.19. The summed E-state index contributed by atoms with van der Waals surface area (Å²) in [5, 5.41) is 9.85. The number of nitrogens with one attached hydrogen (secondary N) is 1. The summed E-state index contributed by atoms with van der Waals surface area (Å²) in [5.74, 6) is -0.0892. The molecule has 3 aromatic rings. The molecule has 1 aromatic heterocycles. The number of carbonyl (C=O) groups excluding carboxylic acids is 1. The molecule has 0 unspecified atom stereocenters. The fourth-order valence-corrected chi connectivity index (χ4v) is 5.29. The van der Waals surface area contributed by atoms with Crippen molar-refractivity contribution < 1.29 is 18.3 Å². The fraction of sp³-hybridized carbons (Fsp3) is 0.263. The predicted octanol–water partition coefficient (Wildman–Crippen LogP) is 2.69. The highest BCUT2D eigenvalue weighted by Gasteiger charge is 2.23. The number of sulfonamides is 1. The first-order chi connectivity index (χ1) is 13.4. The van der Waals surface area contributed by atoms with Crippen LogP contribution in [0.4, 0.5) is 5.13 Å². The fourth-order valence-electron chi connectivity index (χ4n) is 3.13. The molecule has 1 amide bonds. The van der Waals surface area contributed by atoms with Gasteiger partial charge >= 0.3 is 0 Å². The van der Waals surface area contributed by atoms with Gasteiger partial charge in [0.05, 0.1) is 21.2 Å². The van der Waals surface area contributed by atoms with Crippen LogP contribution >= 0.6 is 11.3 Å². The molecule has 4 rings (SSSR count). The van der Waals surface area contributed by atoms with E-state index in [1.54, 1.807) is 41.3 Å². The van der Waals surface area contributed by atoms with Crippen LogP contribution in [0.5, 0.6) is 0 Å². The number of fused-ring (bicyclic) bond motifs is 1. The van der Waals surface area contributed by atoms with Gasteiger partial charge in [-0.3, -0.25) is 9.52 Å². The molecular formula is C19H19N3O4S2. The molecule has 7 nitrogen and oxygen atoms in total. The van der Waals surface area contributed by atoms with Crippen molar-refractivity contribution in [2.45, 2.75) is 23.8 Å². The number of hydrogen-bond donors (Lipinski definition) is 2. The van der Waals surface area contributed by atoms with Gasteiger partial charge < -0.3 is 10.0 Å². The number of likely N-dealkylation sites (tertiary alicyclic amines) is 1. The molecule has 1 fully saturated rings. The first-order valence-corrected chi connectivity index (χ1v) is 11.2. The Bertz CT molecular complexity index is 1100. The maximum absolute atomic E-state index is 12.7. The van der Waals surface area contributed by atoms with Gasteiger partial charge in [0, 0.05) is 18.7 Å². The van der Waals surface area contributed by atoms with Gasteiger partial charge in [-0.2, -0.15) is 0 Å². The first-order valence-electron chi connectivity index (χ1n) is 8.88. The lowest BCUT2D eigenvalue weighted by Gasteiger charge is -2.29. The summed E-state index contributed by atoms with van der Waals surface area (Å²) in [7, 11) is -3.71. The highest BCUT2D eigenvalue weighted by molar-refractivity contribution is 7.93. The summed E-state index contributed by atoms with van der Waals surface area (Å²) in [5.41, 5.74) is 1.16. The molecule has 0 aliphatic carbocycles. The third-order valence-corrected chi connectivity index (χ3v) is 7.08. The normalized spacial score (nSPS) is 15.7. The van der Waals surface area contributed by atoms with Crippen LogP contribution in [0.1, 0.15) is 23.2 Å². The minimum absolute atomic E-state index is 0.0892. The Kier molecular flexibility index (Phi) is 5.05. The molecule has 0 bridgehead atoms. The van der Waals surface area contributed by atoms with Gasteiger partial charge in [0.25, 0.3) is 15.9 Å². The zero-order chi connectivity index (χ0) is 19.7. The second-order valence-electron chi connectivity index (χ2n) is 6.64. The van der Waals surface area contributed by atoms with E-state index in [0.717, 1.165) is 4.70 Å². The number of amides is 1. The van der Waals surface area contributed by atoms with Gasteiger partial charge in [0.1, 0.15) is 0 Å². The van der Waals surface area contributed by atoms with Gasteiger partial charge in [-0.25, -0.2) is 13.4 Å². The number of anilines is 1. The van der Waals surface area contributed by atoms with E-state index in [0.29, 0.717) is 37.0 Å². The van der Waals surface area contributed by atoms with Crippen LogP contribution in [0.3, 0.4) is 0 Å². The minimum atomic E-state index is -3.71. The van der Waals surface area contributed by atoms with Gasteiger partial charge in [0.2, 0.25) is 0 Å². The molecule has 2 heterocycles. The standard InChI is InChI=1S/C19H19N3O4S2/c23-14-8-10-22(11-9-14)18(24)13-6-7-16-17(12-13)27-19(20-16)21-28(25,26)15-4-2-1-3-5-15/h1-7,12,14,23H,8-11H2,(H,20,21). The van der Waals surface area contributed by atoms with E-state index in [9.17, 15) is 18.3 Å². The molecule has 0 saturated carbocycles.